The molecule has 0 aliphatic heterocycles. The molecule has 7 heavy (non-hydrogen) atoms. The van der Waals surface area contributed by atoms with Gasteiger partial charge in [-0.25, -0.2) is 0 Å². The van der Waals surface area contributed by atoms with E-state index < -0.39 is 0 Å². The van der Waals surface area contributed by atoms with Crippen molar-refractivity contribution >= 4 is 0 Å². The third-order valence-corrected chi connectivity index (χ3v) is 1.85. The monoisotopic (exact) mass is 97.1 g/mol. The van der Waals surface area contributed by atoms with E-state index >= 15 is 0 Å². The minimum absolute atomic E-state index is 0.931. The largest absolute Gasteiger partial charge is 0.0651 e. The Morgan fingerprint density at radius 3 is 2.29 bits per heavy atom. The average molecular weight is 97.2 g/mol. The van der Waals surface area contributed by atoms with Gasteiger partial charge in [-0.05, 0) is 24.7 Å². The lowest BCUT2D eigenvalue weighted by Crippen LogP contribution is -1.89. The van der Waals surface area contributed by atoms with E-state index in [1.807, 2.05) is 0 Å². The summed E-state index contributed by atoms with van der Waals surface area (Å²) in [5, 5.41) is 0. The summed E-state index contributed by atoms with van der Waals surface area (Å²) in [5.74, 6) is 2.72. The molecule has 0 bridgehead atoms. The molecule has 1 fully saturated rings. The van der Waals surface area contributed by atoms with Crippen molar-refractivity contribution < 1.29 is 0 Å². The van der Waals surface area contributed by atoms with Crippen molar-refractivity contribution in [2.24, 2.45) is 5.92 Å². The molecule has 0 aromatic carbocycles. The second kappa shape index (κ2) is 1.85. The molecule has 1 atom stereocenters. The van der Waals surface area contributed by atoms with Crippen molar-refractivity contribution in [2.45, 2.75) is 33.1 Å². The van der Waals surface area contributed by atoms with Crippen LogP contribution in [0.2, 0.25) is 0 Å². The lowest BCUT2D eigenvalue weighted by Gasteiger charge is -2.01. The van der Waals surface area contributed by atoms with Crippen LogP contribution in [-0.4, -0.2) is 0 Å². The molecule has 0 nitrogen and oxygen atoms in total. The molecule has 0 spiro atoms. The van der Waals surface area contributed by atoms with Crippen molar-refractivity contribution in [3.63, 3.8) is 0 Å². The molecule has 0 heteroatoms. The molecule has 0 heterocycles. The van der Waals surface area contributed by atoms with Crippen LogP contribution in [0.1, 0.15) is 33.1 Å². The van der Waals surface area contributed by atoms with Gasteiger partial charge in [-0.1, -0.05) is 20.3 Å². The zero-order chi connectivity index (χ0) is 5.28. The number of hydrogen-bond acceptors (Lipinski definition) is 0. The van der Waals surface area contributed by atoms with E-state index in [4.69, 9.17) is 0 Å². The van der Waals surface area contributed by atoms with E-state index in [1.165, 1.54) is 19.3 Å². The Morgan fingerprint density at radius 2 is 2.14 bits per heavy atom. The first-order valence-electron chi connectivity index (χ1n) is 3.19. The van der Waals surface area contributed by atoms with Crippen LogP contribution in [0.15, 0.2) is 0 Å². The van der Waals surface area contributed by atoms with Crippen LogP contribution in [0.3, 0.4) is 0 Å². The van der Waals surface area contributed by atoms with Crippen LogP contribution in [0.25, 0.3) is 0 Å². The maximum atomic E-state index is 2.32. The standard InChI is InChI=1S/C7H13/c1-3-6(2)7-4-5-7/h6H,3-5H2,1-2H3. The van der Waals surface area contributed by atoms with Gasteiger partial charge in [-0.3, -0.25) is 0 Å². The van der Waals surface area contributed by atoms with Gasteiger partial charge in [0.1, 0.15) is 0 Å². The fourth-order valence-electron chi connectivity index (χ4n) is 0.854. The Bertz CT molecular complexity index is 53.1. The van der Waals surface area contributed by atoms with Crippen LogP contribution >= 0.6 is 0 Å². The summed E-state index contributed by atoms with van der Waals surface area (Å²) in [7, 11) is 0. The van der Waals surface area contributed by atoms with Gasteiger partial charge < -0.3 is 0 Å². The number of hydrogen-bond donors (Lipinski definition) is 0. The van der Waals surface area contributed by atoms with Gasteiger partial charge in [0.2, 0.25) is 0 Å². The molecule has 0 saturated heterocycles. The highest BCUT2D eigenvalue weighted by atomic mass is 14.3. The van der Waals surface area contributed by atoms with Crippen molar-refractivity contribution in [2.75, 3.05) is 0 Å². The highest BCUT2D eigenvalue weighted by Gasteiger charge is 2.26. The zero-order valence-electron chi connectivity index (χ0n) is 5.20. The van der Waals surface area contributed by atoms with Gasteiger partial charge in [0.05, 0.1) is 0 Å². The third-order valence-electron chi connectivity index (χ3n) is 1.85. The van der Waals surface area contributed by atoms with Gasteiger partial charge in [-0.2, -0.15) is 0 Å². The van der Waals surface area contributed by atoms with Gasteiger partial charge >= 0.3 is 0 Å². The zero-order valence-corrected chi connectivity index (χ0v) is 5.20. The summed E-state index contributed by atoms with van der Waals surface area (Å²) < 4.78 is 0. The minimum atomic E-state index is 0.931. The number of rotatable bonds is 2. The highest BCUT2D eigenvalue weighted by molar-refractivity contribution is 5.08. The second-order valence-corrected chi connectivity index (χ2v) is 2.47. The molecule has 0 aromatic heterocycles. The predicted molar refractivity (Wildman–Crippen MR) is 31.9 cm³/mol. The molecule has 41 valence electrons. The van der Waals surface area contributed by atoms with E-state index in [0.29, 0.717) is 0 Å². The average Bonchev–Trinajstić information content (AvgIpc) is 2.44. The maximum absolute atomic E-state index is 2.32. The summed E-state index contributed by atoms with van der Waals surface area (Å²) in [6.45, 7) is 4.58. The molecule has 0 aromatic rings. The van der Waals surface area contributed by atoms with Crippen LogP contribution in [0.5, 0.6) is 0 Å². The Balaban J connectivity index is 2.10. The molecule has 1 radical (unpaired) electrons. The van der Waals surface area contributed by atoms with Crippen molar-refractivity contribution in [1.82, 2.24) is 0 Å². The molecular weight excluding hydrogens is 84.1 g/mol. The summed E-state index contributed by atoms with van der Waals surface area (Å²) >= 11 is 0. The summed E-state index contributed by atoms with van der Waals surface area (Å²) in [6.07, 6.45) is 4.19. The van der Waals surface area contributed by atoms with Crippen molar-refractivity contribution in [1.29, 1.82) is 0 Å². The smallest absolute Gasteiger partial charge is 0.0212 e. The Morgan fingerprint density at radius 1 is 1.57 bits per heavy atom. The van der Waals surface area contributed by atoms with E-state index in [9.17, 15) is 0 Å². The van der Waals surface area contributed by atoms with Gasteiger partial charge in [0.25, 0.3) is 0 Å². The van der Waals surface area contributed by atoms with Gasteiger partial charge in [0.15, 0.2) is 0 Å². The molecule has 1 saturated carbocycles. The molecule has 1 aliphatic carbocycles. The summed E-state index contributed by atoms with van der Waals surface area (Å²) in [4.78, 5) is 0. The molecular formula is C7H13. The van der Waals surface area contributed by atoms with Crippen molar-refractivity contribution in [3.8, 4) is 0 Å². The molecule has 1 aliphatic rings. The Kier molecular flexibility index (Phi) is 1.36. The lowest BCUT2D eigenvalue weighted by molar-refractivity contribution is 0.631. The minimum Gasteiger partial charge on any atom is -0.0651 e. The second-order valence-electron chi connectivity index (χ2n) is 2.47. The van der Waals surface area contributed by atoms with E-state index in [0.717, 1.165) is 5.92 Å². The van der Waals surface area contributed by atoms with Crippen LogP contribution < -0.4 is 0 Å². The maximum Gasteiger partial charge on any atom is -0.0212 e. The van der Waals surface area contributed by atoms with Crippen LogP contribution in [0, 0.1) is 11.8 Å². The van der Waals surface area contributed by atoms with E-state index in [2.05, 4.69) is 13.8 Å². The topological polar surface area (TPSA) is 0 Å². The van der Waals surface area contributed by atoms with Crippen molar-refractivity contribution in [3.05, 3.63) is 5.92 Å². The quantitative estimate of drug-likeness (QED) is 0.496. The molecule has 1 unspecified atom stereocenters. The molecule has 0 amide bonds. The van der Waals surface area contributed by atoms with E-state index in [-0.39, 0.29) is 0 Å². The summed E-state index contributed by atoms with van der Waals surface area (Å²) in [5.41, 5.74) is 0. The SMILES string of the molecule is CCC(C)[C]1CC1. The first kappa shape index (κ1) is 5.14. The lowest BCUT2D eigenvalue weighted by atomic mass is 10.0. The Hall–Kier alpha value is 0. The fourth-order valence-corrected chi connectivity index (χ4v) is 0.854. The molecule has 1 rings (SSSR count). The highest BCUT2D eigenvalue weighted by Crippen LogP contribution is 2.40. The van der Waals surface area contributed by atoms with Gasteiger partial charge in [-0.15, -0.1) is 0 Å². The fraction of sp³-hybridized carbons (Fsp3) is 0.857. The van der Waals surface area contributed by atoms with Crippen LogP contribution in [0.4, 0.5) is 0 Å². The normalized spacial score (nSPS) is 24.9. The molecule has 0 N–H and O–H groups in total. The third kappa shape index (κ3) is 1.19. The van der Waals surface area contributed by atoms with Gasteiger partial charge in [0, 0.05) is 0 Å². The first-order valence-corrected chi connectivity index (χ1v) is 3.19. The summed E-state index contributed by atoms with van der Waals surface area (Å²) in [6, 6.07) is 0. The first-order chi connectivity index (χ1) is 3.34. The van der Waals surface area contributed by atoms with E-state index in [1.54, 1.807) is 5.92 Å². The van der Waals surface area contributed by atoms with Crippen LogP contribution in [-0.2, 0) is 0 Å². The Labute approximate surface area is 45.9 Å². The predicted octanol–water partition coefficient (Wildman–Crippen LogP) is 2.40.